The van der Waals surface area contributed by atoms with Crippen LogP contribution in [0, 0.1) is 24.0 Å². The van der Waals surface area contributed by atoms with E-state index in [4.69, 9.17) is 4.74 Å². The Kier molecular flexibility index (Phi) is 5.06. The molecule has 9 nitrogen and oxygen atoms in total. The third-order valence-electron chi connectivity index (χ3n) is 5.42. The molecule has 0 atom stereocenters. The number of benzene rings is 2. The molecule has 0 N–H and O–H groups in total. The lowest BCUT2D eigenvalue weighted by Gasteiger charge is -2.32. The van der Waals surface area contributed by atoms with Gasteiger partial charge >= 0.3 is 0 Å². The third kappa shape index (κ3) is 3.91. The third-order valence-corrected chi connectivity index (χ3v) is 5.42. The first-order valence-corrected chi connectivity index (χ1v) is 10.3. The van der Waals surface area contributed by atoms with Crippen molar-refractivity contribution < 1.29 is 9.66 Å². The zero-order valence-corrected chi connectivity index (χ0v) is 18.0. The molecule has 0 saturated heterocycles. The van der Waals surface area contributed by atoms with Crippen LogP contribution in [0.3, 0.4) is 0 Å². The number of non-ortho nitro benzene ring substituents is 1. The van der Waals surface area contributed by atoms with Crippen LogP contribution in [-0.2, 0) is 6.54 Å². The average Bonchev–Trinajstić information content (AvgIpc) is 3.21. The molecule has 0 aliphatic carbocycles. The SMILES string of the molecule is Cc1ccc(Oc2ccc(N3c4cncnc4CN3c3ccc([N+](=O)[O-])cc3)cc2C)cn1. The number of pyridine rings is 1. The largest absolute Gasteiger partial charge is 0.455 e. The smallest absolute Gasteiger partial charge is 0.269 e. The molecule has 0 bridgehead atoms. The van der Waals surface area contributed by atoms with Gasteiger partial charge in [-0.2, -0.15) is 0 Å². The van der Waals surface area contributed by atoms with Crippen LogP contribution in [0.15, 0.2) is 73.3 Å². The summed E-state index contributed by atoms with van der Waals surface area (Å²) in [5.74, 6) is 1.40. The van der Waals surface area contributed by atoms with Crippen molar-refractivity contribution in [2.24, 2.45) is 0 Å². The fourth-order valence-corrected chi connectivity index (χ4v) is 3.74. The number of rotatable bonds is 5. The second kappa shape index (κ2) is 8.19. The summed E-state index contributed by atoms with van der Waals surface area (Å²) >= 11 is 0. The molecule has 0 radical (unpaired) electrons. The van der Waals surface area contributed by atoms with Gasteiger partial charge < -0.3 is 4.74 Å². The van der Waals surface area contributed by atoms with Gasteiger partial charge in [0.05, 0.1) is 40.9 Å². The van der Waals surface area contributed by atoms with Crippen molar-refractivity contribution in [3.8, 4) is 11.5 Å². The van der Waals surface area contributed by atoms with Crippen LogP contribution < -0.4 is 14.8 Å². The summed E-state index contributed by atoms with van der Waals surface area (Å²) in [7, 11) is 0. The number of hydrogen-bond acceptors (Lipinski definition) is 8. The Labute approximate surface area is 190 Å². The van der Waals surface area contributed by atoms with Crippen LogP contribution in [0.2, 0.25) is 0 Å². The van der Waals surface area contributed by atoms with Crippen molar-refractivity contribution in [1.82, 2.24) is 15.0 Å². The topological polar surface area (TPSA) is 97.5 Å². The van der Waals surface area contributed by atoms with Crippen LogP contribution in [0.25, 0.3) is 0 Å². The molecule has 9 heteroatoms. The van der Waals surface area contributed by atoms with Gasteiger partial charge in [0, 0.05) is 17.8 Å². The monoisotopic (exact) mass is 440 g/mol. The van der Waals surface area contributed by atoms with Gasteiger partial charge in [-0.1, -0.05) is 0 Å². The van der Waals surface area contributed by atoms with E-state index >= 15 is 0 Å². The van der Waals surface area contributed by atoms with Gasteiger partial charge in [0.15, 0.2) is 0 Å². The Morgan fingerprint density at radius 3 is 2.45 bits per heavy atom. The Balaban J connectivity index is 1.50. The van der Waals surface area contributed by atoms with Gasteiger partial charge in [-0.3, -0.25) is 20.1 Å². The van der Waals surface area contributed by atoms with Gasteiger partial charge in [0.1, 0.15) is 23.5 Å². The maximum absolute atomic E-state index is 11.1. The van der Waals surface area contributed by atoms with E-state index in [9.17, 15) is 10.1 Å². The van der Waals surface area contributed by atoms with E-state index in [1.54, 1.807) is 24.5 Å². The first kappa shape index (κ1) is 20.4. The average molecular weight is 440 g/mol. The van der Waals surface area contributed by atoms with Crippen molar-refractivity contribution in [1.29, 1.82) is 0 Å². The highest BCUT2D eigenvalue weighted by molar-refractivity contribution is 5.75. The van der Waals surface area contributed by atoms with Crippen LogP contribution in [0.5, 0.6) is 11.5 Å². The van der Waals surface area contributed by atoms with Crippen molar-refractivity contribution in [2.45, 2.75) is 20.4 Å². The number of nitro benzene ring substituents is 1. The molecular weight excluding hydrogens is 420 g/mol. The van der Waals surface area contributed by atoms with Gasteiger partial charge in [-0.05, 0) is 61.9 Å². The van der Waals surface area contributed by atoms with Gasteiger partial charge in [0.2, 0.25) is 0 Å². The molecule has 5 rings (SSSR count). The van der Waals surface area contributed by atoms with Gasteiger partial charge in [-0.25, -0.2) is 15.0 Å². The van der Waals surface area contributed by atoms with Crippen molar-refractivity contribution in [2.75, 3.05) is 10.0 Å². The molecule has 33 heavy (non-hydrogen) atoms. The predicted octanol–water partition coefficient (Wildman–Crippen LogP) is 5.26. The normalized spacial score (nSPS) is 12.5. The Bertz CT molecular complexity index is 1330. The highest BCUT2D eigenvalue weighted by Gasteiger charge is 2.31. The van der Waals surface area contributed by atoms with E-state index in [0.29, 0.717) is 12.3 Å². The minimum atomic E-state index is -0.405. The number of ether oxygens (including phenoxy) is 1. The molecule has 3 heterocycles. The molecule has 1 aliphatic heterocycles. The maximum atomic E-state index is 11.1. The Morgan fingerprint density at radius 1 is 0.970 bits per heavy atom. The number of hydrazine groups is 1. The minimum Gasteiger partial charge on any atom is -0.455 e. The summed E-state index contributed by atoms with van der Waals surface area (Å²) in [6, 6.07) is 16.2. The second-order valence-corrected chi connectivity index (χ2v) is 7.68. The number of nitrogens with zero attached hydrogens (tertiary/aromatic N) is 6. The molecule has 0 amide bonds. The number of aromatic nitrogens is 3. The summed E-state index contributed by atoms with van der Waals surface area (Å²) in [5, 5.41) is 15.1. The van der Waals surface area contributed by atoms with E-state index in [1.807, 2.05) is 54.2 Å². The molecule has 1 aliphatic rings. The molecule has 0 saturated carbocycles. The number of aryl methyl sites for hydroxylation is 2. The molecule has 4 aromatic rings. The molecular formula is C24H20N6O3. The molecule has 0 unspecified atom stereocenters. The summed E-state index contributed by atoms with van der Waals surface area (Å²) in [5.41, 5.74) is 5.34. The summed E-state index contributed by atoms with van der Waals surface area (Å²) < 4.78 is 6.02. The van der Waals surface area contributed by atoms with E-state index in [1.165, 1.54) is 18.5 Å². The molecule has 2 aromatic carbocycles. The van der Waals surface area contributed by atoms with E-state index in [0.717, 1.165) is 39.8 Å². The predicted molar refractivity (Wildman–Crippen MR) is 124 cm³/mol. The zero-order valence-electron chi connectivity index (χ0n) is 18.0. The first-order valence-electron chi connectivity index (χ1n) is 10.3. The maximum Gasteiger partial charge on any atom is 0.269 e. The molecule has 0 fully saturated rings. The van der Waals surface area contributed by atoms with Crippen LogP contribution in [0.1, 0.15) is 17.0 Å². The van der Waals surface area contributed by atoms with Crippen molar-refractivity contribution in [3.05, 3.63) is 100 Å². The highest BCUT2D eigenvalue weighted by atomic mass is 16.6. The molecule has 164 valence electrons. The summed E-state index contributed by atoms with van der Waals surface area (Å²) in [6.45, 7) is 4.43. The standard InChI is InChI=1S/C24H20N6O3/c1-16-11-20(8-10-24(16)33-21-9-3-17(2)26-12-21)29-23-13-25-15-27-22(23)14-28(29)18-4-6-19(7-5-18)30(31)32/h3-13,15H,14H2,1-2H3. The Morgan fingerprint density at radius 2 is 1.76 bits per heavy atom. The van der Waals surface area contributed by atoms with Crippen LogP contribution >= 0.6 is 0 Å². The number of anilines is 3. The van der Waals surface area contributed by atoms with Crippen molar-refractivity contribution in [3.63, 3.8) is 0 Å². The lowest BCUT2D eigenvalue weighted by Crippen LogP contribution is -2.33. The molecule has 2 aromatic heterocycles. The van der Waals surface area contributed by atoms with E-state index < -0.39 is 4.92 Å². The van der Waals surface area contributed by atoms with E-state index in [2.05, 4.69) is 15.0 Å². The number of nitro groups is 1. The Hall–Kier alpha value is -4.53. The number of hydrogen-bond donors (Lipinski definition) is 0. The highest BCUT2D eigenvalue weighted by Crippen LogP contribution is 2.40. The fraction of sp³-hybridized carbons (Fsp3) is 0.125. The zero-order chi connectivity index (χ0) is 22.9. The fourth-order valence-electron chi connectivity index (χ4n) is 3.74. The van der Waals surface area contributed by atoms with Crippen LogP contribution in [0.4, 0.5) is 22.7 Å². The van der Waals surface area contributed by atoms with Crippen LogP contribution in [-0.4, -0.2) is 19.9 Å². The minimum absolute atomic E-state index is 0.0461. The summed E-state index contributed by atoms with van der Waals surface area (Å²) in [6.07, 6.45) is 4.99. The lowest BCUT2D eigenvalue weighted by atomic mass is 10.2. The van der Waals surface area contributed by atoms with Gasteiger partial charge in [-0.15, -0.1) is 0 Å². The lowest BCUT2D eigenvalue weighted by molar-refractivity contribution is -0.384. The van der Waals surface area contributed by atoms with Crippen molar-refractivity contribution >= 4 is 22.7 Å². The summed E-state index contributed by atoms with van der Waals surface area (Å²) in [4.78, 5) is 23.6. The van der Waals surface area contributed by atoms with E-state index in [-0.39, 0.29) is 5.69 Å². The molecule has 0 spiro atoms. The quantitative estimate of drug-likeness (QED) is 0.306. The van der Waals surface area contributed by atoms with Gasteiger partial charge in [0.25, 0.3) is 5.69 Å². The first-order chi connectivity index (χ1) is 16.0. The second-order valence-electron chi connectivity index (χ2n) is 7.68. The number of fused-ring (bicyclic) bond motifs is 1.